The number of hydrogen-bond acceptors (Lipinski definition) is 6. The van der Waals surface area contributed by atoms with Crippen LogP contribution in [0, 0.1) is 0 Å². The molecular formula is C27H28N4O4. The maximum atomic E-state index is 13.9. The van der Waals surface area contributed by atoms with E-state index in [1.54, 1.807) is 6.07 Å². The number of ether oxygens (including phenoxy) is 2. The number of benzene rings is 2. The van der Waals surface area contributed by atoms with Crippen LogP contribution in [-0.2, 0) is 0 Å². The molecule has 1 atom stereocenters. The van der Waals surface area contributed by atoms with Gasteiger partial charge in [0.25, 0.3) is 11.8 Å². The zero-order valence-electron chi connectivity index (χ0n) is 19.5. The molecule has 3 aliphatic heterocycles. The van der Waals surface area contributed by atoms with Crippen molar-refractivity contribution in [2.24, 2.45) is 5.73 Å². The van der Waals surface area contributed by atoms with E-state index in [0.717, 1.165) is 55.9 Å². The van der Waals surface area contributed by atoms with E-state index < -0.39 is 5.91 Å². The molecule has 2 N–H and O–H groups in total. The Labute approximate surface area is 203 Å². The Balaban J connectivity index is 1.40. The van der Waals surface area contributed by atoms with Gasteiger partial charge >= 0.3 is 0 Å². The summed E-state index contributed by atoms with van der Waals surface area (Å²) in [5, 5.41) is 0.710. The van der Waals surface area contributed by atoms with E-state index in [1.165, 1.54) is 12.8 Å². The van der Waals surface area contributed by atoms with E-state index in [1.807, 2.05) is 41.3 Å². The summed E-state index contributed by atoms with van der Waals surface area (Å²) in [6.45, 7) is 4.03. The molecule has 3 aliphatic rings. The van der Waals surface area contributed by atoms with Crippen molar-refractivity contribution in [3.63, 3.8) is 0 Å². The van der Waals surface area contributed by atoms with E-state index in [2.05, 4.69) is 9.88 Å². The summed E-state index contributed by atoms with van der Waals surface area (Å²) in [7, 11) is 0. The fourth-order valence-electron chi connectivity index (χ4n) is 5.50. The van der Waals surface area contributed by atoms with Crippen molar-refractivity contribution in [3.8, 4) is 22.6 Å². The number of nitrogens with two attached hydrogens (primary N) is 1. The maximum absolute atomic E-state index is 13.9. The van der Waals surface area contributed by atoms with E-state index >= 15 is 0 Å². The molecule has 0 radical (unpaired) electrons. The number of rotatable bonds is 5. The molecular weight excluding hydrogens is 444 g/mol. The summed E-state index contributed by atoms with van der Waals surface area (Å²) in [5.41, 5.74) is 8.60. The van der Waals surface area contributed by atoms with Crippen LogP contribution in [0.5, 0.6) is 11.5 Å². The lowest BCUT2D eigenvalue weighted by Gasteiger charge is -2.29. The summed E-state index contributed by atoms with van der Waals surface area (Å²) in [5.74, 6) is 0.708. The molecule has 0 spiro atoms. The van der Waals surface area contributed by atoms with Gasteiger partial charge in [-0.2, -0.15) is 0 Å². The third kappa shape index (κ3) is 4.08. The molecule has 1 aromatic heterocycles. The Morgan fingerprint density at radius 3 is 2.54 bits per heavy atom. The van der Waals surface area contributed by atoms with Crippen molar-refractivity contribution < 1.29 is 19.1 Å². The number of carbonyl (C=O) groups excluding carboxylic acids is 2. The number of primary amides is 1. The quantitative estimate of drug-likeness (QED) is 0.611. The largest absolute Gasteiger partial charge is 0.454 e. The van der Waals surface area contributed by atoms with Gasteiger partial charge in [0, 0.05) is 24.5 Å². The molecule has 2 fully saturated rings. The van der Waals surface area contributed by atoms with Crippen molar-refractivity contribution in [2.45, 2.75) is 31.7 Å². The summed E-state index contributed by atoms with van der Waals surface area (Å²) in [4.78, 5) is 34.8. The monoisotopic (exact) mass is 472 g/mol. The fourth-order valence-corrected chi connectivity index (χ4v) is 5.50. The molecule has 8 heteroatoms. The van der Waals surface area contributed by atoms with Crippen LogP contribution in [0.25, 0.3) is 22.0 Å². The first-order valence-electron chi connectivity index (χ1n) is 12.2. The molecule has 2 amide bonds. The zero-order valence-corrected chi connectivity index (χ0v) is 19.5. The molecule has 3 aromatic rings. The minimum Gasteiger partial charge on any atom is -0.454 e. The minimum absolute atomic E-state index is 0.0653. The van der Waals surface area contributed by atoms with Gasteiger partial charge in [-0.1, -0.05) is 12.1 Å². The van der Waals surface area contributed by atoms with Crippen LogP contribution in [0.3, 0.4) is 0 Å². The van der Waals surface area contributed by atoms with E-state index in [4.69, 9.17) is 15.2 Å². The first-order valence-corrected chi connectivity index (χ1v) is 12.2. The normalized spacial score (nSPS) is 19.5. The molecule has 8 nitrogen and oxygen atoms in total. The van der Waals surface area contributed by atoms with Crippen molar-refractivity contribution in [1.29, 1.82) is 0 Å². The first kappa shape index (κ1) is 21.9. The van der Waals surface area contributed by atoms with Gasteiger partial charge in [0.1, 0.15) is 5.69 Å². The molecule has 0 aliphatic carbocycles. The molecule has 180 valence electrons. The highest BCUT2D eigenvalue weighted by Gasteiger charge is 2.32. The molecule has 0 unspecified atom stereocenters. The highest BCUT2D eigenvalue weighted by molar-refractivity contribution is 6.09. The van der Waals surface area contributed by atoms with Crippen LogP contribution in [0.2, 0.25) is 0 Å². The van der Waals surface area contributed by atoms with Crippen LogP contribution >= 0.6 is 0 Å². The number of aromatic nitrogens is 1. The number of likely N-dealkylation sites (tertiary alicyclic amines) is 2. The number of nitrogens with zero attached hydrogens (tertiary/aromatic N) is 3. The zero-order chi connectivity index (χ0) is 23.9. The second kappa shape index (κ2) is 8.85. The smallest absolute Gasteiger partial charge is 0.267 e. The summed E-state index contributed by atoms with van der Waals surface area (Å²) < 4.78 is 11.0. The lowest BCUT2D eigenvalue weighted by Crippen LogP contribution is -2.42. The Bertz CT molecular complexity index is 1320. The summed E-state index contributed by atoms with van der Waals surface area (Å²) >= 11 is 0. The Morgan fingerprint density at radius 1 is 0.943 bits per heavy atom. The van der Waals surface area contributed by atoms with Crippen LogP contribution < -0.4 is 15.2 Å². The second-order valence-electron chi connectivity index (χ2n) is 9.52. The van der Waals surface area contributed by atoms with E-state index in [-0.39, 0.29) is 24.4 Å². The minimum atomic E-state index is -0.643. The SMILES string of the molecule is NC(=O)c1cc(C(=O)N2CCC[C@H]2CN2CCCC2)c2cc(-c3ccc4c(c3)OCO4)ccc2n1. The van der Waals surface area contributed by atoms with Gasteiger partial charge in [-0.15, -0.1) is 0 Å². The van der Waals surface area contributed by atoms with Gasteiger partial charge in [-0.05, 0) is 80.2 Å². The predicted octanol–water partition coefficient (Wildman–Crippen LogP) is 3.43. The first-order chi connectivity index (χ1) is 17.1. The van der Waals surface area contributed by atoms with Crippen LogP contribution in [0.1, 0.15) is 46.5 Å². The fraction of sp³-hybridized carbons (Fsp3) is 0.370. The Kier molecular flexibility index (Phi) is 5.53. The number of amides is 2. The average molecular weight is 473 g/mol. The summed E-state index contributed by atoms with van der Waals surface area (Å²) in [6, 6.07) is 13.2. The predicted molar refractivity (Wildman–Crippen MR) is 132 cm³/mol. The third-order valence-electron chi connectivity index (χ3n) is 7.30. The van der Waals surface area contributed by atoms with Gasteiger partial charge < -0.3 is 25.0 Å². The van der Waals surface area contributed by atoms with Gasteiger partial charge in [-0.25, -0.2) is 4.98 Å². The lowest BCUT2D eigenvalue weighted by molar-refractivity contribution is 0.0710. The van der Waals surface area contributed by atoms with Crippen molar-refractivity contribution in [2.75, 3.05) is 33.0 Å². The van der Waals surface area contributed by atoms with Crippen molar-refractivity contribution >= 4 is 22.7 Å². The standard InChI is InChI=1S/C27H28N4O4/c28-26(32)23-14-21(27(33)31-11-3-4-19(31)15-30-9-1-2-10-30)20-12-17(5-7-22(20)29-23)18-6-8-24-25(13-18)35-16-34-24/h5-8,12-14,19H,1-4,9-11,15-16H2,(H2,28,32)/t19-/m0/s1. The molecule has 2 aromatic carbocycles. The highest BCUT2D eigenvalue weighted by atomic mass is 16.7. The highest BCUT2D eigenvalue weighted by Crippen LogP contribution is 2.37. The third-order valence-corrected chi connectivity index (χ3v) is 7.30. The van der Waals surface area contributed by atoms with Crippen LogP contribution in [-0.4, -0.2) is 65.6 Å². The molecule has 4 heterocycles. The summed E-state index contributed by atoms with van der Waals surface area (Å²) in [6.07, 6.45) is 4.43. The second-order valence-corrected chi connectivity index (χ2v) is 9.52. The van der Waals surface area contributed by atoms with Crippen LogP contribution in [0.4, 0.5) is 0 Å². The molecule has 35 heavy (non-hydrogen) atoms. The molecule has 0 saturated carbocycles. The average Bonchev–Trinajstić information content (AvgIpc) is 3.64. The lowest BCUT2D eigenvalue weighted by atomic mass is 9.99. The van der Waals surface area contributed by atoms with E-state index in [9.17, 15) is 9.59 Å². The Hall–Kier alpha value is -3.65. The topological polar surface area (TPSA) is 98.0 Å². The number of carbonyl (C=O) groups is 2. The molecule has 2 saturated heterocycles. The van der Waals surface area contributed by atoms with Gasteiger partial charge in [0.2, 0.25) is 6.79 Å². The van der Waals surface area contributed by atoms with Crippen molar-refractivity contribution in [3.05, 3.63) is 53.7 Å². The maximum Gasteiger partial charge on any atom is 0.267 e. The molecule has 6 rings (SSSR count). The number of pyridine rings is 1. The van der Waals surface area contributed by atoms with Crippen LogP contribution in [0.15, 0.2) is 42.5 Å². The van der Waals surface area contributed by atoms with Gasteiger partial charge in [0.05, 0.1) is 11.1 Å². The van der Waals surface area contributed by atoms with Gasteiger partial charge in [0.15, 0.2) is 11.5 Å². The Morgan fingerprint density at radius 2 is 1.71 bits per heavy atom. The van der Waals surface area contributed by atoms with Crippen molar-refractivity contribution in [1.82, 2.24) is 14.8 Å². The number of fused-ring (bicyclic) bond motifs is 2. The van der Waals surface area contributed by atoms with E-state index in [0.29, 0.717) is 22.2 Å². The number of hydrogen-bond donors (Lipinski definition) is 1. The van der Waals surface area contributed by atoms with Gasteiger partial charge in [-0.3, -0.25) is 9.59 Å². The molecule has 0 bridgehead atoms.